The number of allylic oxidation sites excluding steroid dienone is 2. The standard InChI is InChI=1S/C18H14N2O4/c1-19-15(21)11-5-3-9(7-13(11)17(19)23)10-4-6-12-14(8-10)18(24)20(2)16(12)22/h3,5-8,10H,4H2,1-2H3. The first-order chi connectivity index (χ1) is 11.4. The maximum atomic E-state index is 12.1. The quantitative estimate of drug-likeness (QED) is 0.729. The van der Waals surface area contributed by atoms with Crippen molar-refractivity contribution in [3.63, 3.8) is 0 Å². The molecule has 6 heteroatoms. The zero-order valence-corrected chi connectivity index (χ0v) is 13.2. The summed E-state index contributed by atoms with van der Waals surface area (Å²) in [5.74, 6) is -1.30. The number of carbonyl (C=O) groups is 4. The van der Waals surface area contributed by atoms with Crippen molar-refractivity contribution in [1.29, 1.82) is 0 Å². The molecule has 2 heterocycles. The molecule has 0 spiro atoms. The number of amides is 4. The number of likely N-dealkylation sites (N-methyl/N-ethyl adjacent to an activating group) is 1. The van der Waals surface area contributed by atoms with E-state index in [1.807, 2.05) is 0 Å². The second kappa shape index (κ2) is 4.74. The van der Waals surface area contributed by atoms with Crippen molar-refractivity contribution < 1.29 is 19.2 Å². The lowest BCUT2D eigenvalue weighted by molar-refractivity contribution is -0.134. The fourth-order valence-electron chi connectivity index (χ4n) is 3.40. The highest BCUT2D eigenvalue weighted by Gasteiger charge is 2.39. The molecule has 1 aromatic carbocycles. The summed E-state index contributed by atoms with van der Waals surface area (Å²) in [4.78, 5) is 50.4. The summed E-state index contributed by atoms with van der Waals surface area (Å²) < 4.78 is 0. The molecule has 1 saturated heterocycles. The molecule has 24 heavy (non-hydrogen) atoms. The first kappa shape index (κ1) is 14.6. The third-order valence-corrected chi connectivity index (χ3v) is 4.85. The molecule has 0 bridgehead atoms. The van der Waals surface area contributed by atoms with Crippen LogP contribution in [0.15, 0.2) is 41.5 Å². The van der Waals surface area contributed by atoms with Crippen molar-refractivity contribution in [2.24, 2.45) is 0 Å². The smallest absolute Gasteiger partial charge is 0.261 e. The summed E-state index contributed by atoms with van der Waals surface area (Å²) in [5, 5.41) is 0. The largest absolute Gasteiger partial charge is 0.277 e. The van der Waals surface area contributed by atoms with Gasteiger partial charge in [-0.2, -0.15) is 0 Å². The Kier molecular flexibility index (Phi) is 2.87. The van der Waals surface area contributed by atoms with Gasteiger partial charge in [0.25, 0.3) is 23.6 Å². The van der Waals surface area contributed by atoms with Crippen LogP contribution in [-0.2, 0) is 9.59 Å². The van der Waals surface area contributed by atoms with Crippen LogP contribution >= 0.6 is 0 Å². The van der Waals surface area contributed by atoms with Gasteiger partial charge in [0.15, 0.2) is 0 Å². The number of nitrogens with zero attached hydrogens (tertiary/aromatic N) is 2. The van der Waals surface area contributed by atoms with Gasteiger partial charge < -0.3 is 0 Å². The lowest BCUT2D eigenvalue weighted by atomic mass is 9.85. The van der Waals surface area contributed by atoms with Gasteiger partial charge in [-0.3, -0.25) is 29.0 Å². The summed E-state index contributed by atoms with van der Waals surface area (Å²) in [5.41, 5.74) is 2.50. The van der Waals surface area contributed by atoms with Gasteiger partial charge in [0.1, 0.15) is 0 Å². The average Bonchev–Trinajstić information content (AvgIpc) is 2.95. The number of hydrogen-bond acceptors (Lipinski definition) is 4. The number of rotatable bonds is 1. The lowest BCUT2D eigenvalue weighted by Crippen LogP contribution is -2.24. The fraction of sp³-hybridized carbons (Fsp3) is 0.222. The lowest BCUT2D eigenvalue weighted by Gasteiger charge is -2.17. The first-order valence-corrected chi connectivity index (χ1v) is 7.61. The summed E-state index contributed by atoms with van der Waals surface area (Å²) in [6.45, 7) is 0. The van der Waals surface area contributed by atoms with E-state index in [9.17, 15) is 19.2 Å². The van der Waals surface area contributed by atoms with Gasteiger partial charge in [-0.15, -0.1) is 0 Å². The van der Waals surface area contributed by atoms with E-state index >= 15 is 0 Å². The topological polar surface area (TPSA) is 74.8 Å². The van der Waals surface area contributed by atoms with Gasteiger partial charge in [0.2, 0.25) is 0 Å². The van der Waals surface area contributed by atoms with E-state index < -0.39 is 0 Å². The number of benzene rings is 1. The third kappa shape index (κ3) is 1.76. The van der Waals surface area contributed by atoms with E-state index in [2.05, 4.69) is 0 Å². The summed E-state index contributed by atoms with van der Waals surface area (Å²) in [6.07, 6.45) is 4.13. The molecule has 0 N–H and O–H groups in total. The fourth-order valence-corrected chi connectivity index (χ4v) is 3.40. The van der Waals surface area contributed by atoms with Gasteiger partial charge in [-0.05, 0) is 24.1 Å². The summed E-state index contributed by atoms with van der Waals surface area (Å²) in [7, 11) is 2.93. The zero-order valence-electron chi connectivity index (χ0n) is 13.2. The number of likely N-dealkylation sites (tertiary alicyclic amines) is 1. The summed E-state index contributed by atoms with van der Waals surface area (Å²) in [6, 6.07) is 5.17. The molecule has 0 aromatic heterocycles. The van der Waals surface area contributed by atoms with E-state index in [4.69, 9.17) is 0 Å². The molecule has 0 radical (unpaired) electrons. The maximum Gasteiger partial charge on any atom is 0.261 e. The van der Waals surface area contributed by atoms with Crippen LogP contribution < -0.4 is 0 Å². The molecular formula is C18H14N2O4. The number of fused-ring (bicyclic) bond motifs is 2. The maximum absolute atomic E-state index is 12.1. The number of imide groups is 2. The van der Waals surface area contributed by atoms with Crippen molar-refractivity contribution in [2.45, 2.75) is 12.3 Å². The van der Waals surface area contributed by atoms with E-state index in [1.54, 1.807) is 30.4 Å². The predicted molar refractivity (Wildman–Crippen MR) is 84.2 cm³/mol. The summed E-state index contributed by atoms with van der Waals surface area (Å²) >= 11 is 0. The van der Waals surface area contributed by atoms with Crippen LogP contribution in [-0.4, -0.2) is 47.5 Å². The highest BCUT2D eigenvalue weighted by Crippen LogP contribution is 2.36. The molecule has 4 amide bonds. The molecule has 4 rings (SSSR count). The third-order valence-electron chi connectivity index (χ3n) is 4.85. The number of carbonyl (C=O) groups excluding carboxylic acids is 4. The second-order valence-electron chi connectivity index (χ2n) is 6.18. The van der Waals surface area contributed by atoms with Crippen LogP contribution in [0.1, 0.15) is 38.6 Å². The van der Waals surface area contributed by atoms with Crippen molar-refractivity contribution in [1.82, 2.24) is 9.80 Å². The van der Waals surface area contributed by atoms with E-state index in [0.717, 1.165) is 15.4 Å². The van der Waals surface area contributed by atoms with E-state index in [0.29, 0.717) is 28.7 Å². The molecule has 2 aliphatic heterocycles. The van der Waals surface area contributed by atoms with Crippen LogP contribution in [0.2, 0.25) is 0 Å². The van der Waals surface area contributed by atoms with E-state index in [1.165, 1.54) is 14.1 Å². The molecule has 120 valence electrons. The molecule has 3 aliphatic rings. The molecule has 6 nitrogen and oxygen atoms in total. The molecular weight excluding hydrogens is 308 g/mol. The Morgan fingerprint density at radius 2 is 1.46 bits per heavy atom. The van der Waals surface area contributed by atoms with Gasteiger partial charge in [-0.1, -0.05) is 18.2 Å². The Morgan fingerprint density at radius 3 is 2.21 bits per heavy atom. The molecule has 1 aromatic rings. The Balaban J connectivity index is 1.73. The highest BCUT2D eigenvalue weighted by atomic mass is 16.2. The van der Waals surface area contributed by atoms with Crippen molar-refractivity contribution in [3.05, 3.63) is 58.2 Å². The first-order valence-electron chi connectivity index (χ1n) is 7.61. The predicted octanol–water partition coefficient (Wildman–Crippen LogP) is 1.25. The van der Waals surface area contributed by atoms with Gasteiger partial charge >= 0.3 is 0 Å². The minimum atomic E-state index is -0.316. The minimum Gasteiger partial charge on any atom is -0.277 e. The molecule has 1 aliphatic carbocycles. The monoisotopic (exact) mass is 322 g/mol. The average molecular weight is 322 g/mol. The van der Waals surface area contributed by atoms with Gasteiger partial charge in [0, 0.05) is 31.2 Å². The van der Waals surface area contributed by atoms with Crippen molar-refractivity contribution in [2.75, 3.05) is 14.1 Å². The molecule has 1 unspecified atom stereocenters. The van der Waals surface area contributed by atoms with Crippen LogP contribution in [0, 0.1) is 0 Å². The highest BCUT2D eigenvalue weighted by molar-refractivity contribution is 6.24. The Labute approximate surface area is 138 Å². The van der Waals surface area contributed by atoms with Crippen molar-refractivity contribution in [3.8, 4) is 0 Å². The zero-order chi connectivity index (χ0) is 17.2. The molecule has 1 fully saturated rings. The Bertz CT molecular complexity index is 910. The van der Waals surface area contributed by atoms with Crippen molar-refractivity contribution >= 4 is 23.6 Å². The molecule has 0 saturated carbocycles. The molecule has 1 atom stereocenters. The normalized spacial score (nSPS) is 22.7. The van der Waals surface area contributed by atoms with Crippen LogP contribution in [0.3, 0.4) is 0 Å². The second-order valence-corrected chi connectivity index (χ2v) is 6.18. The van der Waals surface area contributed by atoms with E-state index in [-0.39, 0.29) is 29.5 Å². The van der Waals surface area contributed by atoms with Crippen LogP contribution in [0.25, 0.3) is 0 Å². The van der Waals surface area contributed by atoms with Crippen LogP contribution in [0.5, 0.6) is 0 Å². The number of hydrogen-bond donors (Lipinski definition) is 0. The van der Waals surface area contributed by atoms with Gasteiger partial charge in [-0.25, -0.2) is 0 Å². The van der Waals surface area contributed by atoms with Gasteiger partial charge in [0.05, 0.1) is 11.1 Å². The SMILES string of the molecule is CN1C(=O)C2=CCC(c3ccc4c(c3)C(=O)N(C)C4=O)C=C2C1=O. The Morgan fingerprint density at radius 1 is 0.833 bits per heavy atom. The Hall–Kier alpha value is -3.02. The van der Waals surface area contributed by atoms with Crippen LogP contribution in [0.4, 0.5) is 0 Å². The minimum absolute atomic E-state index is 0.105.